The molecule has 0 saturated heterocycles. The molecule has 0 aliphatic heterocycles. The first-order valence-electron chi connectivity index (χ1n) is 8.00. The van der Waals surface area contributed by atoms with E-state index in [1.807, 2.05) is 61.6 Å². The summed E-state index contributed by atoms with van der Waals surface area (Å²) >= 11 is 0. The van der Waals surface area contributed by atoms with Gasteiger partial charge in [0.2, 0.25) is 5.95 Å². The molecular weight excluding hydrogens is 286 g/mol. The Balaban J connectivity index is 2.25. The number of hydrogen-bond donors (Lipinski definition) is 0. The summed E-state index contributed by atoms with van der Waals surface area (Å²) in [5.74, 6) is 0.688. The Bertz CT molecular complexity index is 855. The fourth-order valence-corrected chi connectivity index (χ4v) is 2.68. The van der Waals surface area contributed by atoms with E-state index in [4.69, 9.17) is 4.98 Å². The fraction of sp³-hybridized carbons (Fsp3) is 0.263. The minimum Gasteiger partial charge on any atom is -0.345 e. The van der Waals surface area contributed by atoms with Crippen LogP contribution in [0, 0.1) is 0 Å². The van der Waals surface area contributed by atoms with Crippen molar-refractivity contribution in [3.8, 4) is 5.69 Å². The third kappa shape index (κ3) is 2.97. The molecule has 1 aromatic heterocycles. The third-order valence-corrected chi connectivity index (χ3v) is 3.96. The van der Waals surface area contributed by atoms with Crippen molar-refractivity contribution in [2.75, 3.05) is 18.5 Å². The van der Waals surface area contributed by atoms with Crippen LogP contribution in [0.5, 0.6) is 0 Å². The van der Waals surface area contributed by atoms with E-state index in [1.165, 1.54) is 0 Å². The van der Waals surface area contributed by atoms with Crippen LogP contribution in [-0.4, -0.2) is 23.1 Å². The molecule has 0 atom stereocenters. The molecule has 0 aliphatic carbocycles. The van der Waals surface area contributed by atoms with Crippen LogP contribution in [0.2, 0.25) is 0 Å². The lowest BCUT2D eigenvalue weighted by atomic mass is 10.2. The van der Waals surface area contributed by atoms with Crippen LogP contribution in [-0.2, 0) is 0 Å². The van der Waals surface area contributed by atoms with E-state index in [0.29, 0.717) is 11.3 Å². The van der Waals surface area contributed by atoms with Gasteiger partial charge in [0.25, 0.3) is 5.56 Å². The fourth-order valence-electron chi connectivity index (χ4n) is 2.68. The summed E-state index contributed by atoms with van der Waals surface area (Å²) in [4.78, 5) is 19.8. The summed E-state index contributed by atoms with van der Waals surface area (Å²) < 4.78 is 1.71. The molecule has 3 aromatic rings. The lowest BCUT2D eigenvalue weighted by molar-refractivity contribution is 0.736. The average Bonchev–Trinajstić information content (AvgIpc) is 2.60. The van der Waals surface area contributed by atoms with Crippen molar-refractivity contribution >= 4 is 16.9 Å². The average molecular weight is 307 g/mol. The highest BCUT2D eigenvalue weighted by Gasteiger charge is 2.15. The number of hydrogen-bond acceptors (Lipinski definition) is 3. The molecule has 0 spiro atoms. The zero-order valence-electron chi connectivity index (χ0n) is 13.6. The van der Waals surface area contributed by atoms with Crippen molar-refractivity contribution in [2.45, 2.75) is 19.8 Å². The minimum absolute atomic E-state index is 0.0276. The van der Waals surface area contributed by atoms with E-state index in [1.54, 1.807) is 4.57 Å². The summed E-state index contributed by atoms with van der Waals surface area (Å²) in [6.45, 7) is 3.03. The predicted octanol–water partition coefficient (Wildman–Crippen LogP) is 3.62. The summed E-state index contributed by atoms with van der Waals surface area (Å²) in [5.41, 5.74) is 1.55. The Hall–Kier alpha value is -2.62. The van der Waals surface area contributed by atoms with Gasteiger partial charge < -0.3 is 4.90 Å². The van der Waals surface area contributed by atoms with Gasteiger partial charge in [-0.15, -0.1) is 0 Å². The second-order valence-electron chi connectivity index (χ2n) is 5.68. The van der Waals surface area contributed by atoms with Crippen molar-refractivity contribution in [3.05, 3.63) is 65.0 Å². The maximum Gasteiger partial charge on any atom is 0.267 e. The van der Waals surface area contributed by atoms with Crippen LogP contribution in [0.25, 0.3) is 16.6 Å². The molecule has 0 fully saturated rings. The first kappa shape index (κ1) is 15.3. The first-order valence-corrected chi connectivity index (χ1v) is 8.00. The van der Waals surface area contributed by atoms with E-state index in [9.17, 15) is 4.79 Å². The van der Waals surface area contributed by atoms with Gasteiger partial charge >= 0.3 is 0 Å². The van der Waals surface area contributed by atoms with E-state index >= 15 is 0 Å². The number of nitrogens with zero attached hydrogens (tertiary/aromatic N) is 3. The predicted molar refractivity (Wildman–Crippen MR) is 95.5 cm³/mol. The minimum atomic E-state index is -0.0276. The molecule has 0 N–H and O–H groups in total. The van der Waals surface area contributed by atoms with Crippen LogP contribution < -0.4 is 10.5 Å². The molecule has 3 rings (SSSR count). The third-order valence-electron chi connectivity index (χ3n) is 3.96. The monoisotopic (exact) mass is 307 g/mol. The number of anilines is 1. The molecule has 118 valence electrons. The maximum absolute atomic E-state index is 13.0. The van der Waals surface area contributed by atoms with E-state index in [2.05, 4.69) is 11.8 Å². The molecular formula is C19H21N3O. The van der Waals surface area contributed by atoms with E-state index < -0.39 is 0 Å². The standard InChI is InChI=1S/C19H21N3O/c1-3-4-14-21(2)19-20-17-13-9-8-12-16(17)18(23)22(19)15-10-6-5-7-11-15/h5-13H,3-4,14H2,1-2H3. The quantitative estimate of drug-likeness (QED) is 0.722. The summed E-state index contributed by atoms with van der Waals surface area (Å²) in [6.07, 6.45) is 2.17. The molecule has 0 radical (unpaired) electrons. The van der Waals surface area contributed by atoms with Gasteiger partial charge in [0.15, 0.2) is 0 Å². The van der Waals surface area contributed by atoms with Crippen molar-refractivity contribution in [3.63, 3.8) is 0 Å². The largest absolute Gasteiger partial charge is 0.345 e. The van der Waals surface area contributed by atoms with Gasteiger partial charge in [0.05, 0.1) is 16.6 Å². The van der Waals surface area contributed by atoms with Gasteiger partial charge in [0.1, 0.15) is 0 Å². The Morgan fingerprint density at radius 1 is 1.04 bits per heavy atom. The van der Waals surface area contributed by atoms with Crippen molar-refractivity contribution in [2.24, 2.45) is 0 Å². The summed E-state index contributed by atoms with van der Waals surface area (Å²) in [5, 5.41) is 0.643. The van der Waals surface area contributed by atoms with Crippen LogP contribution in [0.15, 0.2) is 59.4 Å². The normalized spacial score (nSPS) is 10.9. The highest BCUT2D eigenvalue weighted by atomic mass is 16.1. The molecule has 0 unspecified atom stereocenters. The summed E-state index contributed by atoms with van der Waals surface area (Å²) in [6, 6.07) is 17.2. The van der Waals surface area contributed by atoms with Crippen molar-refractivity contribution in [1.82, 2.24) is 9.55 Å². The zero-order valence-corrected chi connectivity index (χ0v) is 13.6. The Kier molecular flexibility index (Phi) is 4.42. The van der Waals surface area contributed by atoms with Gasteiger partial charge in [-0.1, -0.05) is 43.7 Å². The molecule has 4 nitrogen and oxygen atoms in total. The second kappa shape index (κ2) is 6.65. The lowest BCUT2D eigenvalue weighted by Crippen LogP contribution is -2.30. The number of rotatable bonds is 5. The first-order chi connectivity index (χ1) is 11.2. The number of unbranched alkanes of at least 4 members (excludes halogenated alkanes) is 1. The van der Waals surface area contributed by atoms with Crippen LogP contribution >= 0.6 is 0 Å². The Morgan fingerprint density at radius 2 is 1.74 bits per heavy atom. The molecule has 23 heavy (non-hydrogen) atoms. The Morgan fingerprint density at radius 3 is 2.48 bits per heavy atom. The molecule has 2 aromatic carbocycles. The lowest BCUT2D eigenvalue weighted by Gasteiger charge is -2.22. The molecule has 0 aliphatic rings. The van der Waals surface area contributed by atoms with Crippen molar-refractivity contribution < 1.29 is 0 Å². The molecule has 0 amide bonds. The number of fused-ring (bicyclic) bond motifs is 1. The zero-order chi connectivity index (χ0) is 16.2. The molecule has 4 heteroatoms. The SMILES string of the molecule is CCCCN(C)c1nc2ccccc2c(=O)n1-c1ccccc1. The van der Waals surface area contributed by atoms with Gasteiger partial charge in [-0.3, -0.25) is 4.79 Å². The second-order valence-corrected chi connectivity index (χ2v) is 5.68. The van der Waals surface area contributed by atoms with Gasteiger partial charge in [-0.25, -0.2) is 9.55 Å². The van der Waals surface area contributed by atoms with Crippen molar-refractivity contribution in [1.29, 1.82) is 0 Å². The summed E-state index contributed by atoms with van der Waals surface area (Å²) in [7, 11) is 1.99. The number of para-hydroxylation sites is 2. The highest BCUT2D eigenvalue weighted by molar-refractivity contribution is 5.79. The van der Waals surface area contributed by atoms with Crippen LogP contribution in [0.1, 0.15) is 19.8 Å². The number of benzene rings is 2. The van der Waals surface area contributed by atoms with Crippen LogP contribution in [0.4, 0.5) is 5.95 Å². The van der Waals surface area contributed by atoms with Crippen LogP contribution in [0.3, 0.4) is 0 Å². The highest BCUT2D eigenvalue weighted by Crippen LogP contribution is 2.18. The van der Waals surface area contributed by atoms with Gasteiger partial charge in [-0.2, -0.15) is 0 Å². The van der Waals surface area contributed by atoms with Gasteiger partial charge in [0, 0.05) is 13.6 Å². The maximum atomic E-state index is 13.0. The van der Waals surface area contributed by atoms with E-state index in [0.717, 1.165) is 30.6 Å². The Labute approximate surface area is 136 Å². The number of aromatic nitrogens is 2. The molecule has 0 bridgehead atoms. The van der Waals surface area contributed by atoms with Gasteiger partial charge in [-0.05, 0) is 30.7 Å². The molecule has 1 heterocycles. The topological polar surface area (TPSA) is 38.1 Å². The molecule has 0 saturated carbocycles. The van der Waals surface area contributed by atoms with E-state index in [-0.39, 0.29) is 5.56 Å². The smallest absolute Gasteiger partial charge is 0.267 e.